The number of rotatable bonds is 0. The molecule has 0 amide bonds. The van der Waals surface area contributed by atoms with Gasteiger partial charge in [0.2, 0.25) is 0 Å². The second kappa shape index (κ2) is 3.64. The minimum atomic E-state index is 0.852. The summed E-state index contributed by atoms with van der Waals surface area (Å²) in [5.74, 6) is 0. The third-order valence-corrected chi connectivity index (χ3v) is 4.56. The van der Waals surface area contributed by atoms with Crippen LogP contribution >= 0.6 is 0 Å². The number of hydrogen-bond donors (Lipinski definition) is 1. The highest BCUT2D eigenvalue weighted by atomic mass is 14.5. The highest BCUT2D eigenvalue weighted by molar-refractivity contribution is 6.34. The molecule has 1 nitrogen and oxygen atoms in total. The van der Waals surface area contributed by atoms with Crippen LogP contribution in [-0.4, -0.2) is 0 Å². The van der Waals surface area contributed by atoms with E-state index in [1.54, 1.807) is 0 Å². The smallest absolute Gasteiger partial charge is 0.0394 e. The molecule has 21 heavy (non-hydrogen) atoms. The lowest BCUT2D eigenvalue weighted by Crippen LogP contribution is -1.91. The van der Waals surface area contributed by atoms with Crippen LogP contribution in [-0.2, 0) is 0 Å². The first-order chi connectivity index (χ1) is 10.3. The van der Waals surface area contributed by atoms with Gasteiger partial charge in [0.05, 0.1) is 0 Å². The average Bonchev–Trinajstić information content (AvgIpc) is 2.54. The summed E-state index contributed by atoms with van der Waals surface area (Å²) in [6.07, 6.45) is 0. The van der Waals surface area contributed by atoms with Gasteiger partial charge >= 0.3 is 0 Å². The molecule has 5 aromatic rings. The van der Waals surface area contributed by atoms with Crippen LogP contribution in [0.5, 0.6) is 0 Å². The van der Waals surface area contributed by atoms with Gasteiger partial charge in [-0.05, 0) is 38.4 Å². The molecule has 0 aliphatic rings. The van der Waals surface area contributed by atoms with Gasteiger partial charge in [0, 0.05) is 16.5 Å². The lowest BCUT2D eigenvalue weighted by Gasteiger charge is -2.15. The second-order valence-electron chi connectivity index (χ2n) is 5.64. The zero-order valence-corrected chi connectivity index (χ0v) is 11.4. The Morgan fingerprint density at radius 2 is 1.14 bits per heavy atom. The molecule has 0 heterocycles. The van der Waals surface area contributed by atoms with Gasteiger partial charge < -0.3 is 5.73 Å². The Morgan fingerprint density at radius 1 is 0.476 bits per heavy atom. The molecule has 5 rings (SSSR count). The molecule has 0 spiro atoms. The Balaban J connectivity index is 2.31. The summed E-state index contributed by atoms with van der Waals surface area (Å²) in [6.45, 7) is 0. The zero-order chi connectivity index (χ0) is 14.0. The molecule has 0 saturated carbocycles. The van der Waals surface area contributed by atoms with Crippen molar-refractivity contribution in [2.24, 2.45) is 0 Å². The van der Waals surface area contributed by atoms with Crippen molar-refractivity contribution in [1.29, 1.82) is 0 Å². The Bertz CT molecular complexity index is 1140. The summed E-state index contributed by atoms with van der Waals surface area (Å²) >= 11 is 0. The van der Waals surface area contributed by atoms with Gasteiger partial charge in [-0.2, -0.15) is 0 Å². The highest BCUT2D eigenvalue weighted by Crippen LogP contribution is 2.41. The molecule has 0 fully saturated rings. The van der Waals surface area contributed by atoms with Crippen molar-refractivity contribution >= 4 is 48.8 Å². The number of anilines is 1. The number of hydrogen-bond acceptors (Lipinski definition) is 1. The predicted molar refractivity (Wildman–Crippen MR) is 92.1 cm³/mol. The van der Waals surface area contributed by atoms with E-state index in [1.165, 1.54) is 37.7 Å². The number of nitrogens with two attached hydrogens (primary N) is 1. The Morgan fingerprint density at radius 3 is 1.95 bits per heavy atom. The van der Waals surface area contributed by atoms with E-state index >= 15 is 0 Å². The monoisotopic (exact) mass is 267 g/mol. The molecular formula is C20H13N. The van der Waals surface area contributed by atoms with Crippen LogP contribution in [0.3, 0.4) is 0 Å². The van der Waals surface area contributed by atoms with Gasteiger partial charge in [0.25, 0.3) is 0 Å². The molecule has 0 saturated heterocycles. The SMILES string of the molecule is Nc1ccc2c3ccccc3c3cccc4ccc1c2c43. The summed E-state index contributed by atoms with van der Waals surface area (Å²) in [4.78, 5) is 0. The topological polar surface area (TPSA) is 26.0 Å². The molecule has 0 aromatic heterocycles. The first-order valence-electron chi connectivity index (χ1n) is 7.18. The molecule has 98 valence electrons. The first kappa shape index (κ1) is 10.9. The van der Waals surface area contributed by atoms with E-state index in [2.05, 4.69) is 60.7 Å². The fourth-order valence-corrected chi connectivity index (χ4v) is 3.65. The van der Waals surface area contributed by atoms with Crippen molar-refractivity contribution in [3.05, 3.63) is 66.7 Å². The lowest BCUT2D eigenvalue weighted by molar-refractivity contribution is 1.77. The normalized spacial score (nSPS) is 12.0. The number of fused-ring (bicyclic) bond motifs is 3. The van der Waals surface area contributed by atoms with Crippen molar-refractivity contribution in [2.75, 3.05) is 5.73 Å². The maximum Gasteiger partial charge on any atom is 0.0394 e. The lowest BCUT2D eigenvalue weighted by atomic mass is 9.89. The van der Waals surface area contributed by atoms with Gasteiger partial charge in [-0.3, -0.25) is 0 Å². The molecular weight excluding hydrogens is 254 g/mol. The van der Waals surface area contributed by atoms with Crippen molar-refractivity contribution in [2.45, 2.75) is 0 Å². The zero-order valence-electron chi connectivity index (χ0n) is 11.4. The Labute approximate surface area is 121 Å². The van der Waals surface area contributed by atoms with Crippen LogP contribution < -0.4 is 5.73 Å². The third-order valence-electron chi connectivity index (χ3n) is 4.56. The van der Waals surface area contributed by atoms with Crippen LogP contribution in [0.2, 0.25) is 0 Å². The Hall–Kier alpha value is -2.80. The maximum absolute atomic E-state index is 6.21. The fourth-order valence-electron chi connectivity index (χ4n) is 3.65. The van der Waals surface area contributed by atoms with E-state index in [-0.39, 0.29) is 0 Å². The van der Waals surface area contributed by atoms with Gasteiger partial charge in [0.1, 0.15) is 0 Å². The van der Waals surface area contributed by atoms with Crippen LogP contribution in [0.15, 0.2) is 66.7 Å². The predicted octanol–water partition coefficient (Wildman–Crippen LogP) is 5.32. The maximum atomic E-state index is 6.21. The van der Waals surface area contributed by atoms with E-state index in [1.807, 2.05) is 6.07 Å². The molecule has 5 aromatic carbocycles. The molecule has 0 radical (unpaired) electrons. The second-order valence-corrected chi connectivity index (χ2v) is 5.64. The minimum absolute atomic E-state index is 0.852. The summed E-state index contributed by atoms with van der Waals surface area (Å²) in [5.41, 5.74) is 7.06. The standard InChI is InChI=1S/C20H13N/c21-18-11-10-16-14-6-2-1-5-13(14)15-7-3-4-12-8-9-17(18)20(16)19(12)15/h1-11H,21H2. The third kappa shape index (κ3) is 1.26. The quantitative estimate of drug-likeness (QED) is 0.229. The molecule has 2 N–H and O–H groups in total. The van der Waals surface area contributed by atoms with Crippen molar-refractivity contribution in [1.82, 2.24) is 0 Å². The van der Waals surface area contributed by atoms with Crippen molar-refractivity contribution in [3.8, 4) is 0 Å². The summed E-state index contributed by atoms with van der Waals surface area (Å²) in [6, 6.07) is 23.7. The largest absolute Gasteiger partial charge is 0.398 e. The molecule has 0 aliphatic heterocycles. The summed E-state index contributed by atoms with van der Waals surface area (Å²) in [7, 11) is 0. The minimum Gasteiger partial charge on any atom is -0.398 e. The molecule has 0 aliphatic carbocycles. The van der Waals surface area contributed by atoms with Gasteiger partial charge in [-0.15, -0.1) is 0 Å². The molecule has 1 heteroatoms. The number of benzene rings is 5. The van der Waals surface area contributed by atoms with Crippen LogP contribution in [0.1, 0.15) is 0 Å². The first-order valence-corrected chi connectivity index (χ1v) is 7.18. The average molecular weight is 267 g/mol. The van der Waals surface area contributed by atoms with Crippen LogP contribution in [0.25, 0.3) is 43.1 Å². The van der Waals surface area contributed by atoms with E-state index in [0.29, 0.717) is 0 Å². The van der Waals surface area contributed by atoms with Crippen molar-refractivity contribution in [3.63, 3.8) is 0 Å². The molecule has 0 bridgehead atoms. The molecule has 0 atom stereocenters. The molecule has 0 unspecified atom stereocenters. The number of nitrogen functional groups attached to an aromatic ring is 1. The van der Waals surface area contributed by atoms with Gasteiger partial charge in [-0.1, -0.05) is 60.7 Å². The fraction of sp³-hybridized carbons (Fsp3) is 0. The summed E-state index contributed by atoms with van der Waals surface area (Å²) < 4.78 is 0. The van der Waals surface area contributed by atoms with E-state index in [0.717, 1.165) is 11.1 Å². The van der Waals surface area contributed by atoms with Crippen LogP contribution in [0.4, 0.5) is 5.69 Å². The van der Waals surface area contributed by atoms with E-state index in [4.69, 9.17) is 5.73 Å². The van der Waals surface area contributed by atoms with Crippen molar-refractivity contribution < 1.29 is 0 Å². The summed E-state index contributed by atoms with van der Waals surface area (Å²) in [5, 5.41) is 10.3. The van der Waals surface area contributed by atoms with E-state index < -0.39 is 0 Å². The van der Waals surface area contributed by atoms with E-state index in [9.17, 15) is 0 Å². The Kier molecular flexibility index (Phi) is 1.90. The van der Waals surface area contributed by atoms with Crippen LogP contribution in [0, 0.1) is 0 Å². The van der Waals surface area contributed by atoms with Gasteiger partial charge in [-0.25, -0.2) is 0 Å². The van der Waals surface area contributed by atoms with Gasteiger partial charge in [0.15, 0.2) is 0 Å². The highest BCUT2D eigenvalue weighted by Gasteiger charge is 2.13.